The van der Waals surface area contributed by atoms with Crippen molar-refractivity contribution in [2.24, 2.45) is 0 Å². The van der Waals surface area contributed by atoms with Crippen LogP contribution in [0.25, 0.3) is 0 Å². The Kier molecular flexibility index (Phi) is 5.31. The molecule has 0 N–H and O–H groups in total. The number of hydrogen-bond donors (Lipinski definition) is 0. The first-order valence-electron chi connectivity index (χ1n) is 5.83. The van der Waals surface area contributed by atoms with Crippen LogP contribution in [-0.4, -0.2) is 24.2 Å². The van der Waals surface area contributed by atoms with E-state index in [-0.39, 0.29) is 24.2 Å². The summed E-state index contributed by atoms with van der Waals surface area (Å²) < 4.78 is 50.7. The normalized spacial score (nSPS) is 11.6. The molecule has 1 aromatic rings. The third-order valence-electron chi connectivity index (χ3n) is 2.51. The average Bonchev–Trinajstić information content (AvgIpc) is 2.30. The maximum Gasteiger partial charge on any atom is 0.401 e. The van der Waals surface area contributed by atoms with Gasteiger partial charge in [-0.25, -0.2) is 4.39 Å². The van der Waals surface area contributed by atoms with E-state index in [9.17, 15) is 17.6 Å². The van der Waals surface area contributed by atoms with Crippen molar-refractivity contribution < 1.29 is 17.6 Å². The molecule has 1 rings (SSSR count). The quantitative estimate of drug-likeness (QED) is 0.769. The minimum absolute atomic E-state index is 0.108. The minimum atomic E-state index is -4.32. The van der Waals surface area contributed by atoms with Gasteiger partial charge in [-0.05, 0) is 31.2 Å². The van der Waals surface area contributed by atoms with E-state index in [0.717, 1.165) is 11.0 Å². The van der Waals surface area contributed by atoms with Crippen LogP contribution in [0, 0.1) is 17.1 Å². The molecule has 0 atom stereocenters. The molecule has 1 aromatic carbocycles. The van der Waals surface area contributed by atoms with Gasteiger partial charge in [0.1, 0.15) is 5.82 Å². The van der Waals surface area contributed by atoms with Crippen molar-refractivity contribution >= 4 is 0 Å². The zero-order valence-electron chi connectivity index (χ0n) is 10.5. The van der Waals surface area contributed by atoms with Gasteiger partial charge in [0, 0.05) is 12.1 Å². The Bertz CT molecular complexity index is 463. The van der Waals surface area contributed by atoms with E-state index < -0.39 is 18.5 Å². The molecule has 0 bridgehead atoms. The summed E-state index contributed by atoms with van der Waals surface area (Å²) in [5.74, 6) is -0.595. The molecule has 0 heterocycles. The number of hydrogen-bond acceptors (Lipinski definition) is 2. The molecule has 0 aliphatic heterocycles. The van der Waals surface area contributed by atoms with Crippen LogP contribution < -0.4 is 0 Å². The lowest BCUT2D eigenvalue weighted by Crippen LogP contribution is -2.34. The van der Waals surface area contributed by atoms with Crippen LogP contribution in [0.2, 0.25) is 0 Å². The SMILES string of the molecule is CCCN(Cc1cc(C#N)ccc1F)CC(F)(F)F. The first-order chi connectivity index (χ1) is 8.85. The van der Waals surface area contributed by atoms with Crippen LogP contribution in [0.4, 0.5) is 17.6 Å². The molecule has 0 fully saturated rings. The summed E-state index contributed by atoms with van der Waals surface area (Å²) in [6, 6.07) is 5.53. The molecular formula is C13H14F4N2. The highest BCUT2D eigenvalue weighted by atomic mass is 19.4. The van der Waals surface area contributed by atoms with E-state index in [1.165, 1.54) is 12.1 Å². The first kappa shape index (κ1) is 15.4. The molecule has 0 unspecified atom stereocenters. The second kappa shape index (κ2) is 6.53. The number of alkyl halides is 3. The van der Waals surface area contributed by atoms with Gasteiger partial charge in [0.2, 0.25) is 0 Å². The topological polar surface area (TPSA) is 27.0 Å². The molecule has 0 spiro atoms. The largest absolute Gasteiger partial charge is 0.401 e. The van der Waals surface area contributed by atoms with Crippen molar-refractivity contribution in [1.29, 1.82) is 5.26 Å². The lowest BCUT2D eigenvalue weighted by Gasteiger charge is -2.23. The standard InChI is InChI=1S/C13H14F4N2/c1-2-5-19(9-13(15,16)17)8-11-6-10(7-18)3-4-12(11)14/h3-4,6H,2,5,8-9H2,1H3. The maximum absolute atomic E-state index is 13.5. The molecule has 0 aliphatic rings. The van der Waals surface area contributed by atoms with Crippen molar-refractivity contribution in [2.75, 3.05) is 13.1 Å². The number of halogens is 4. The van der Waals surface area contributed by atoms with Gasteiger partial charge in [-0.2, -0.15) is 18.4 Å². The van der Waals surface area contributed by atoms with E-state index in [2.05, 4.69) is 0 Å². The predicted molar refractivity (Wildman–Crippen MR) is 62.7 cm³/mol. The molecule has 0 aromatic heterocycles. The fourth-order valence-electron chi connectivity index (χ4n) is 1.79. The Balaban J connectivity index is 2.87. The summed E-state index contributed by atoms with van der Waals surface area (Å²) in [5, 5.41) is 8.71. The summed E-state index contributed by atoms with van der Waals surface area (Å²) in [6.45, 7) is 0.729. The fourth-order valence-corrected chi connectivity index (χ4v) is 1.79. The van der Waals surface area contributed by atoms with Crippen molar-refractivity contribution in [3.05, 3.63) is 35.1 Å². The van der Waals surface area contributed by atoms with Crippen molar-refractivity contribution in [3.8, 4) is 6.07 Å². The van der Waals surface area contributed by atoms with Crippen molar-refractivity contribution in [2.45, 2.75) is 26.1 Å². The lowest BCUT2D eigenvalue weighted by molar-refractivity contribution is -0.147. The third kappa shape index (κ3) is 5.26. The Morgan fingerprint density at radius 1 is 1.32 bits per heavy atom. The summed E-state index contributed by atoms with van der Waals surface area (Å²) in [7, 11) is 0. The molecule has 2 nitrogen and oxygen atoms in total. The Labute approximate surface area is 109 Å². The van der Waals surface area contributed by atoms with Crippen LogP contribution in [0.15, 0.2) is 18.2 Å². The summed E-state index contributed by atoms with van der Waals surface area (Å²) >= 11 is 0. The highest BCUT2D eigenvalue weighted by molar-refractivity contribution is 5.33. The summed E-state index contributed by atoms with van der Waals surface area (Å²) in [6.07, 6.45) is -3.78. The van der Waals surface area contributed by atoms with Gasteiger partial charge in [-0.15, -0.1) is 0 Å². The number of benzene rings is 1. The average molecular weight is 274 g/mol. The van der Waals surface area contributed by atoms with Gasteiger partial charge in [0.15, 0.2) is 0 Å². The Morgan fingerprint density at radius 2 is 2.00 bits per heavy atom. The van der Waals surface area contributed by atoms with E-state index in [1.807, 2.05) is 6.07 Å². The van der Waals surface area contributed by atoms with Gasteiger partial charge in [0.25, 0.3) is 0 Å². The van der Waals surface area contributed by atoms with Gasteiger partial charge in [-0.1, -0.05) is 6.92 Å². The monoisotopic (exact) mass is 274 g/mol. The number of nitrogens with zero attached hydrogens (tertiary/aromatic N) is 2. The van der Waals surface area contributed by atoms with Crippen LogP contribution in [0.5, 0.6) is 0 Å². The highest BCUT2D eigenvalue weighted by Gasteiger charge is 2.30. The van der Waals surface area contributed by atoms with Crippen molar-refractivity contribution in [1.82, 2.24) is 4.90 Å². The first-order valence-corrected chi connectivity index (χ1v) is 5.83. The molecule has 0 radical (unpaired) electrons. The zero-order chi connectivity index (χ0) is 14.5. The Hall–Kier alpha value is -1.61. The predicted octanol–water partition coefficient (Wildman–Crippen LogP) is 3.47. The molecule has 19 heavy (non-hydrogen) atoms. The third-order valence-corrected chi connectivity index (χ3v) is 2.51. The van der Waals surface area contributed by atoms with Crippen molar-refractivity contribution in [3.63, 3.8) is 0 Å². The van der Waals surface area contributed by atoms with E-state index in [4.69, 9.17) is 5.26 Å². The van der Waals surface area contributed by atoms with Gasteiger partial charge in [-0.3, -0.25) is 4.90 Å². The minimum Gasteiger partial charge on any atom is -0.291 e. The smallest absolute Gasteiger partial charge is 0.291 e. The van der Waals surface area contributed by atoms with Crippen LogP contribution in [0.3, 0.4) is 0 Å². The van der Waals surface area contributed by atoms with E-state index in [1.54, 1.807) is 6.92 Å². The lowest BCUT2D eigenvalue weighted by atomic mass is 10.1. The van der Waals surface area contributed by atoms with E-state index in [0.29, 0.717) is 6.42 Å². The molecule has 104 valence electrons. The summed E-state index contributed by atoms with van der Waals surface area (Å²) in [5.41, 5.74) is 0.344. The molecular weight excluding hydrogens is 260 g/mol. The van der Waals surface area contributed by atoms with Gasteiger partial charge in [0.05, 0.1) is 18.2 Å². The zero-order valence-corrected chi connectivity index (χ0v) is 10.5. The fraction of sp³-hybridized carbons (Fsp3) is 0.462. The van der Waals surface area contributed by atoms with Crippen LogP contribution >= 0.6 is 0 Å². The summed E-state index contributed by atoms with van der Waals surface area (Å²) in [4.78, 5) is 1.12. The van der Waals surface area contributed by atoms with Gasteiger partial charge >= 0.3 is 6.18 Å². The van der Waals surface area contributed by atoms with Gasteiger partial charge < -0.3 is 0 Å². The van der Waals surface area contributed by atoms with Crippen LogP contribution in [-0.2, 0) is 6.54 Å². The second-order valence-corrected chi connectivity index (χ2v) is 4.24. The molecule has 0 aliphatic carbocycles. The molecule has 6 heteroatoms. The van der Waals surface area contributed by atoms with Crippen LogP contribution in [0.1, 0.15) is 24.5 Å². The highest BCUT2D eigenvalue weighted by Crippen LogP contribution is 2.19. The molecule has 0 amide bonds. The second-order valence-electron chi connectivity index (χ2n) is 4.24. The number of rotatable bonds is 5. The maximum atomic E-state index is 13.5. The number of nitriles is 1. The van der Waals surface area contributed by atoms with E-state index >= 15 is 0 Å². The molecule has 0 saturated heterocycles. The molecule has 0 saturated carbocycles. The Morgan fingerprint density at radius 3 is 2.53 bits per heavy atom.